The summed E-state index contributed by atoms with van der Waals surface area (Å²) in [6, 6.07) is 45.4. The molecule has 9 aromatic rings. The van der Waals surface area contributed by atoms with Crippen molar-refractivity contribution in [2.24, 2.45) is 0 Å². The summed E-state index contributed by atoms with van der Waals surface area (Å²) in [4.78, 5) is 19.6. The number of fused-ring (bicyclic) bond motifs is 5. The number of nitrogens with zero attached hydrogens (tertiary/aromatic N) is 4. The molecular weight excluding hydrogens is 552 g/mol. The number of hydrogen-bond donors (Lipinski definition) is 0. The molecule has 210 valence electrons. The smallest absolute Gasteiger partial charge is 0.227 e. The molecule has 0 saturated carbocycles. The maximum absolute atomic E-state index is 6.31. The molecule has 0 unspecified atom stereocenters. The van der Waals surface area contributed by atoms with Gasteiger partial charge in [0.05, 0.1) is 22.2 Å². The molecule has 0 aliphatic heterocycles. The monoisotopic (exact) mass is 576 g/mol. The van der Waals surface area contributed by atoms with E-state index in [1.807, 2.05) is 73.1 Å². The molecule has 9 rings (SSSR count). The summed E-state index contributed by atoms with van der Waals surface area (Å²) in [7, 11) is 0. The van der Waals surface area contributed by atoms with Gasteiger partial charge in [-0.3, -0.25) is 9.97 Å². The number of para-hydroxylation sites is 3. The zero-order valence-corrected chi connectivity index (χ0v) is 24.1. The minimum absolute atomic E-state index is 0.568. The van der Waals surface area contributed by atoms with Crippen molar-refractivity contribution in [3.8, 4) is 45.0 Å². The van der Waals surface area contributed by atoms with Crippen LogP contribution in [-0.4, -0.2) is 19.9 Å². The summed E-state index contributed by atoms with van der Waals surface area (Å²) in [5.41, 5.74) is 11.2. The fourth-order valence-corrected chi connectivity index (χ4v) is 6.07. The minimum atomic E-state index is 0.568. The van der Waals surface area contributed by atoms with Crippen molar-refractivity contribution in [1.29, 1.82) is 0 Å². The summed E-state index contributed by atoms with van der Waals surface area (Å²) in [5, 5.41) is 3.18. The van der Waals surface area contributed by atoms with Crippen LogP contribution in [0.2, 0.25) is 0 Å². The molecule has 45 heavy (non-hydrogen) atoms. The van der Waals surface area contributed by atoms with Crippen LogP contribution in [0.3, 0.4) is 0 Å². The number of benzene rings is 5. The summed E-state index contributed by atoms with van der Waals surface area (Å²) < 4.78 is 6.31. The first kappa shape index (κ1) is 25.3. The highest BCUT2D eigenvalue weighted by atomic mass is 16.3. The molecule has 0 aliphatic carbocycles. The Morgan fingerprint density at radius 1 is 0.422 bits per heavy atom. The lowest BCUT2D eigenvalue weighted by Gasteiger charge is -2.12. The number of rotatable bonds is 4. The molecule has 5 aromatic carbocycles. The molecule has 0 spiro atoms. The SMILES string of the molecule is c1ccc(-c2ccc3ccc4cc(-c5ccc(-c6cnc7ccccc7c6)c(-c6nc7ccccc7o6)c5)cnc4c3n2)cc1. The van der Waals surface area contributed by atoms with E-state index in [-0.39, 0.29) is 0 Å². The van der Waals surface area contributed by atoms with Crippen molar-refractivity contribution < 1.29 is 4.42 Å². The van der Waals surface area contributed by atoms with Gasteiger partial charge >= 0.3 is 0 Å². The molecule has 0 amide bonds. The highest BCUT2D eigenvalue weighted by molar-refractivity contribution is 6.04. The Bertz CT molecular complexity index is 2520. The predicted molar refractivity (Wildman–Crippen MR) is 182 cm³/mol. The van der Waals surface area contributed by atoms with Gasteiger partial charge in [-0.25, -0.2) is 9.97 Å². The van der Waals surface area contributed by atoms with E-state index in [1.165, 1.54) is 0 Å². The van der Waals surface area contributed by atoms with E-state index in [4.69, 9.17) is 24.4 Å². The topological polar surface area (TPSA) is 64.7 Å². The van der Waals surface area contributed by atoms with Crippen molar-refractivity contribution in [2.75, 3.05) is 0 Å². The van der Waals surface area contributed by atoms with Gasteiger partial charge in [0.15, 0.2) is 5.58 Å². The van der Waals surface area contributed by atoms with Gasteiger partial charge in [0.25, 0.3) is 0 Å². The maximum atomic E-state index is 6.31. The Morgan fingerprint density at radius 3 is 2.09 bits per heavy atom. The third-order valence-electron chi connectivity index (χ3n) is 8.36. The summed E-state index contributed by atoms with van der Waals surface area (Å²) in [5.74, 6) is 0.568. The quantitative estimate of drug-likeness (QED) is 0.195. The van der Waals surface area contributed by atoms with Crippen molar-refractivity contribution in [2.45, 2.75) is 0 Å². The normalized spacial score (nSPS) is 11.6. The first-order valence-electron chi connectivity index (χ1n) is 14.9. The molecule has 0 radical (unpaired) electrons. The molecule has 4 aromatic heterocycles. The molecule has 4 heterocycles. The average molecular weight is 577 g/mol. The fraction of sp³-hybridized carbons (Fsp3) is 0. The largest absolute Gasteiger partial charge is 0.436 e. The summed E-state index contributed by atoms with van der Waals surface area (Å²) in [6.45, 7) is 0. The van der Waals surface area contributed by atoms with Gasteiger partial charge in [0, 0.05) is 50.8 Å². The van der Waals surface area contributed by atoms with Gasteiger partial charge < -0.3 is 4.42 Å². The van der Waals surface area contributed by atoms with Crippen LogP contribution in [0.15, 0.2) is 150 Å². The lowest BCUT2D eigenvalue weighted by atomic mass is 9.95. The molecule has 0 aliphatic rings. The third kappa shape index (κ3) is 4.41. The Hall–Kier alpha value is -6.20. The van der Waals surface area contributed by atoms with E-state index in [9.17, 15) is 0 Å². The van der Waals surface area contributed by atoms with Crippen LogP contribution in [-0.2, 0) is 0 Å². The van der Waals surface area contributed by atoms with Crippen LogP contribution in [0, 0.1) is 0 Å². The predicted octanol–water partition coefficient (Wildman–Crippen LogP) is 10.1. The van der Waals surface area contributed by atoms with E-state index < -0.39 is 0 Å². The Labute approximate surface area is 258 Å². The second-order valence-electron chi connectivity index (χ2n) is 11.2. The van der Waals surface area contributed by atoms with Crippen LogP contribution in [0.1, 0.15) is 0 Å². The van der Waals surface area contributed by atoms with Crippen molar-refractivity contribution in [3.63, 3.8) is 0 Å². The standard InChI is InChI=1S/C40H24N4O/c1-2-8-25(9-3-1)35-19-17-26-14-15-29-21-30(23-42-38(29)39(26)43-35)27-16-18-32(31-20-28-10-4-5-11-34(28)41-24-31)33(22-27)40-44-36-12-6-7-13-37(36)45-40/h1-24H. The van der Waals surface area contributed by atoms with E-state index in [1.54, 1.807) is 0 Å². The average Bonchev–Trinajstić information content (AvgIpc) is 3.55. The number of oxazole rings is 1. The van der Waals surface area contributed by atoms with Gasteiger partial charge in [-0.15, -0.1) is 0 Å². The lowest BCUT2D eigenvalue weighted by Crippen LogP contribution is -1.91. The van der Waals surface area contributed by atoms with Crippen LogP contribution < -0.4 is 0 Å². The second-order valence-corrected chi connectivity index (χ2v) is 11.2. The first-order chi connectivity index (χ1) is 22.3. The van der Waals surface area contributed by atoms with Gasteiger partial charge in [-0.05, 0) is 53.6 Å². The zero-order valence-electron chi connectivity index (χ0n) is 24.1. The van der Waals surface area contributed by atoms with E-state index >= 15 is 0 Å². The van der Waals surface area contributed by atoms with Gasteiger partial charge in [0.1, 0.15) is 5.52 Å². The van der Waals surface area contributed by atoms with Crippen molar-refractivity contribution in [1.82, 2.24) is 19.9 Å². The Kier molecular flexibility index (Phi) is 5.74. The highest BCUT2D eigenvalue weighted by Gasteiger charge is 2.17. The van der Waals surface area contributed by atoms with Crippen LogP contribution >= 0.6 is 0 Å². The summed E-state index contributed by atoms with van der Waals surface area (Å²) in [6.07, 6.45) is 3.85. The Morgan fingerprint density at radius 2 is 1.18 bits per heavy atom. The lowest BCUT2D eigenvalue weighted by molar-refractivity contribution is 0.620. The van der Waals surface area contributed by atoms with Gasteiger partial charge in [-0.2, -0.15) is 0 Å². The van der Waals surface area contributed by atoms with Gasteiger partial charge in [0.2, 0.25) is 5.89 Å². The van der Waals surface area contributed by atoms with Crippen LogP contribution in [0.25, 0.3) is 88.8 Å². The zero-order chi connectivity index (χ0) is 29.7. The number of hydrogen-bond acceptors (Lipinski definition) is 5. The molecule has 0 bridgehead atoms. The fourth-order valence-electron chi connectivity index (χ4n) is 6.07. The van der Waals surface area contributed by atoms with Crippen LogP contribution in [0.4, 0.5) is 0 Å². The molecule has 5 heteroatoms. The van der Waals surface area contributed by atoms with Gasteiger partial charge in [-0.1, -0.05) is 91.0 Å². The Balaban J connectivity index is 1.20. The molecule has 0 atom stereocenters. The van der Waals surface area contributed by atoms with Crippen LogP contribution in [0.5, 0.6) is 0 Å². The first-order valence-corrected chi connectivity index (χ1v) is 14.9. The molecular formula is C40H24N4O. The third-order valence-corrected chi connectivity index (χ3v) is 8.36. The minimum Gasteiger partial charge on any atom is -0.436 e. The van der Waals surface area contributed by atoms with Crippen molar-refractivity contribution in [3.05, 3.63) is 146 Å². The maximum Gasteiger partial charge on any atom is 0.227 e. The number of aromatic nitrogens is 4. The molecule has 5 nitrogen and oxygen atoms in total. The summed E-state index contributed by atoms with van der Waals surface area (Å²) >= 11 is 0. The molecule has 0 N–H and O–H groups in total. The molecule has 0 fully saturated rings. The molecule has 0 saturated heterocycles. The van der Waals surface area contributed by atoms with Crippen molar-refractivity contribution >= 4 is 43.8 Å². The van der Waals surface area contributed by atoms with E-state index in [2.05, 4.69) is 72.8 Å². The second kappa shape index (κ2) is 10.2. The van der Waals surface area contributed by atoms with E-state index in [0.29, 0.717) is 5.89 Å². The van der Waals surface area contributed by atoms with E-state index in [0.717, 1.165) is 82.9 Å². The highest BCUT2D eigenvalue weighted by Crippen LogP contribution is 2.38. The number of pyridine rings is 3.